The Hall–Kier alpha value is -2.41. The topological polar surface area (TPSA) is 91.3 Å². The van der Waals surface area contributed by atoms with Crippen LogP contribution < -0.4 is 10.6 Å². The van der Waals surface area contributed by atoms with Gasteiger partial charge in [0.25, 0.3) is 0 Å². The minimum atomic E-state index is -0.966. The van der Waals surface area contributed by atoms with Crippen LogP contribution in [0.3, 0.4) is 0 Å². The number of nitrogens with one attached hydrogen (secondary N) is 2. The SMILES string of the molecule is O=C(NCc1ccc(C(=O)O)cc1)NCc1cncs1. The van der Waals surface area contributed by atoms with Crippen molar-refractivity contribution >= 4 is 23.3 Å². The van der Waals surface area contributed by atoms with Crippen LogP contribution in [-0.4, -0.2) is 22.1 Å². The monoisotopic (exact) mass is 291 g/mol. The number of carboxylic acids is 1. The molecule has 1 heterocycles. The smallest absolute Gasteiger partial charge is 0.335 e. The number of carbonyl (C=O) groups is 2. The molecule has 0 bridgehead atoms. The summed E-state index contributed by atoms with van der Waals surface area (Å²) in [7, 11) is 0. The highest BCUT2D eigenvalue weighted by Crippen LogP contribution is 2.05. The van der Waals surface area contributed by atoms with Crippen LogP contribution in [0.2, 0.25) is 0 Å². The molecular weight excluding hydrogens is 278 g/mol. The van der Waals surface area contributed by atoms with Crippen LogP contribution in [0.1, 0.15) is 20.8 Å². The molecule has 0 atom stereocenters. The van der Waals surface area contributed by atoms with E-state index in [4.69, 9.17) is 5.11 Å². The molecule has 6 nitrogen and oxygen atoms in total. The van der Waals surface area contributed by atoms with Crippen molar-refractivity contribution in [2.75, 3.05) is 0 Å². The number of hydrogen-bond acceptors (Lipinski definition) is 4. The third-order valence-corrected chi connectivity index (χ3v) is 3.34. The van der Waals surface area contributed by atoms with Gasteiger partial charge in [0.2, 0.25) is 0 Å². The minimum Gasteiger partial charge on any atom is -0.478 e. The zero-order chi connectivity index (χ0) is 14.4. The number of amides is 2. The van der Waals surface area contributed by atoms with Crippen LogP contribution >= 0.6 is 11.3 Å². The quantitative estimate of drug-likeness (QED) is 0.784. The Morgan fingerprint density at radius 2 is 1.85 bits per heavy atom. The van der Waals surface area contributed by atoms with Gasteiger partial charge in [0.15, 0.2) is 0 Å². The van der Waals surface area contributed by atoms with Crippen molar-refractivity contribution in [1.29, 1.82) is 0 Å². The Bertz CT molecular complexity index is 581. The summed E-state index contributed by atoms with van der Waals surface area (Å²) in [6.07, 6.45) is 1.70. The maximum absolute atomic E-state index is 11.6. The van der Waals surface area contributed by atoms with Gasteiger partial charge in [0.05, 0.1) is 17.6 Å². The zero-order valence-corrected chi connectivity index (χ0v) is 11.3. The summed E-state index contributed by atoms with van der Waals surface area (Å²) in [5.41, 5.74) is 2.77. The van der Waals surface area contributed by atoms with E-state index in [2.05, 4.69) is 15.6 Å². The van der Waals surface area contributed by atoms with E-state index in [1.54, 1.807) is 23.8 Å². The first-order valence-corrected chi connectivity index (χ1v) is 6.74. The summed E-state index contributed by atoms with van der Waals surface area (Å²) in [5, 5.41) is 14.2. The molecule has 1 aromatic heterocycles. The van der Waals surface area contributed by atoms with Crippen LogP contribution in [0, 0.1) is 0 Å². The number of aromatic carboxylic acids is 1. The first-order valence-electron chi connectivity index (χ1n) is 5.86. The largest absolute Gasteiger partial charge is 0.478 e. The molecule has 0 saturated heterocycles. The third-order valence-electron chi connectivity index (χ3n) is 2.56. The second-order valence-corrected chi connectivity index (χ2v) is 4.98. The zero-order valence-electron chi connectivity index (χ0n) is 10.5. The summed E-state index contributed by atoms with van der Waals surface area (Å²) >= 11 is 1.47. The number of rotatable bonds is 5. The van der Waals surface area contributed by atoms with E-state index < -0.39 is 5.97 Å². The van der Waals surface area contributed by atoms with Crippen LogP contribution in [-0.2, 0) is 13.1 Å². The number of urea groups is 1. The van der Waals surface area contributed by atoms with Gasteiger partial charge in [0, 0.05) is 17.6 Å². The predicted octanol–water partition coefficient (Wildman–Crippen LogP) is 1.84. The molecule has 0 fully saturated rings. The Morgan fingerprint density at radius 1 is 1.15 bits per heavy atom. The second kappa shape index (κ2) is 6.67. The van der Waals surface area contributed by atoms with Crippen LogP contribution in [0.5, 0.6) is 0 Å². The number of aromatic nitrogens is 1. The summed E-state index contributed by atoms with van der Waals surface area (Å²) in [4.78, 5) is 27.1. The predicted molar refractivity (Wildman–Crippen MR) is 74.6 cm³/mol. The molecule has 104 valence electrons. The fourth-order valence-electron chi connectivity index (χ4n) is 1.51. The fraction of sp³-hybridized carbons (Fsp3) is 0.154. The lowest BCUT2D eigenvalue weighted by atomic mass is 10.1. The molecule has 7 heteroatoms. The van der Waals surface area contributed by atoms with E-state index in [0.717, 1.165) is 10.4 Å². The van der Waals surface area contributed by atoms with Gasteiger partial charge in [0.1, 0.15) is 0 Å². The number of benzene rings is 1. The molecule has 1 aromatic carbocycles. The molecule has 0 aliphatic rings. The molecule has 2 amide bonds. The van der Waals surface area contributed by atoms with Crippen molar-refractivity contribution in [3.05, 3.63) is 52.0 Å². The summed E-state index contributed by atoms with van der Waals surface area (Å²) in [6, 6.07) is 6.09. The number of nitrogens with zero attached hydrogens (tertiary/aromatic N) is 1. The lowest BCUT2D eigenvalue weighted by Gasteiger charge is -2.07. The van der Waals surface area contributed by atoms with Gasteiger partial charge >= 0.3 is 12.0 Å². The molecule has 0 spiro atoms. The van der Waals surface area contributed by atoms with E-state index in [1.807, 2.05) is 0 Å². The molecule has 2 aromatic rings. The number of carbonyl (C=O) groups excluding carboxylic acids is 1. The fourth-order valence-corrected chi connectivity index (χ4v) is 2.04. The van der Waals surface area contributed by atoms with E-state index in [9.17, 15) is 9.59 Å². The van der Waals surface area contributed by atoms with Gasteiger partial charge in [-0.2, -0.15) is 0 Å². The van der Waals surface area contributed by atoms with Gasteiger partial charge in [-0.3, -0.25) is 4.98 Å². The highest BCUT2D eigenvalue weighted by Gasteiger charge is 2.04. The van der Waals surface area contributed by atoms with Gasteiger partial charge < -0.3 is 15.7 Å². The average molecular weight is 291 g/mol. The molecule has 3 N–H and O–H groups in total. The third kappa shape index (κ3) is 4.06. The minimum absolute atomic E-state index is 0.225. The lowest BCUT2D eigenvalue weighted by molar-refractivity contribution is 0.0697. The summed E-state index contributed by atoms with van der Waals surface area (Å²) in [5.74, 6) is -0.966. The van der Waals surface area contributed by atoms with Crippen LogP contribution in [0.4, 0.5) is 4.79 Å². The molecule has 0 aliphatic heterocycles. The van der Waals surface area contributed by atoms with Crippen molar-refractivity contribution in [3.63, 3.8) is 0 Å². The Morgan fingerprint density at radius 3 is 2.45 bits per heavy atom. The molecule has 20 heavy (non-hydrogen) atoms. The van der Waals surface area contributed by atoms with E-state index in [0.29, 0.717) is 13.1 Å². The van der Waals surface area contributed by atoms with Crippen LogP contribution in [0.15, 0.2) is 36.0 Å². The molecule has 0 saturated carbocycles. The Labute approximate surface area is 119 Å². The average Bonchev–Trinajstić information content (AvgIpc) is 2.96. The molecule has 0 aliphatic carbocycles. The molecule has 0 radical (unpaired) electrons. The summed E-state index contributed by atoms with van der Waals surface area (Å²) < 4.78 is 0. The highest BCUT2D eigenvalue weighted by molar-refractivity contribution is 7.09. The van der Waals surface area contributed by atoms with Gasteiger partial charge in [-0.25, -0.2) is 9.59 Å². The summed E-state index contributed by atoms with van der Waals surface area (Å²) in [6.45, 7) is 0.781. The molecular formula is C13H13N3O3S. The van der Waals surface area contributed by atoms with Crippen molar-refractivity contribution in [1.82, 2.24) is 15.6 Å². The van der Waals surface area contributed by atoms with Gasteiger partial charge in [-0.15, -0.1) is 11.3 Å². The maximum Gasteiger partial charge on any atom is 0.335 e. The van der Waals surface area contributed by atoms with Gasteiger partial charge in [-0.1, -0.05) is 12.1 Å². The highest BCUT2D eigenvalue weighted by atomic mass is 32.1. The van der Waals surface area contributed by atoms with E-state index >= 15 is 0 Å². The van der Waals surface area contributed by atoms with Crippen molar-refractivity contribution < 1.29 is 14.7 Å². The standard InChI is InChI=1S/C13H13N3O3S/c17-12(18)10-3-1-9(2-4-10)5-15-13(19)16-7-11-6-14-8-20-11/h1-4,6,8H,5,7H2,(H,17,18)(H2,15,16,19). The molecule has 0 unspecified atom stereocenters. The maximum atomic E-state index is 11.6. The molecule has 2 rings (SSSR count). The Balaban J connectivity index is 1.76. The first-order chi connectivity index (χ1) is 9.65. The van der Waals surface area contributed by atoms with Crippen molar-refractivity contribution in [2.24, 2.45) is 0 Å². The van der Waals surface area contributed by atoms with Crippen molar-refractivity contribution in [3.8, 4) is 0 Å². The number of carboxylic acid groups (broad SMARTS) is 1. The first kappa shape index (κ1) is 14.0. The van der Waals surface area contributed by atoms with Crippen LogP contribution in [0.25, 0.3) is 0 Å². The van der Waals surface area contributed by atoms with E-state index in [-0.39, 0.29) is 11.6 Å². The Kier molecular flexibility index (Phi) is 4.67. The van der Waals surface area contributed by atoms with E-state index in [1.165, 1.54) is 23.5 Å². The van der Waals surface area contributed by atoms with Gasteiger partial charge in [-0.05, 0) is 17.7 Å². The second-order valence-electron chi connectivity index (χ2n) is 4.01. The number of hydrogen-bond donors (Lipinski definition) is 3. The normalized spacial score (nSPS) is 10.0. The number of thiazole rings is 1. The lowest BCUT2D eigenvalue weighted by Crippen LogP contribution is -2.34. The van der Waals surface area contributed by atoms with Crippen molar-refractivity contribution in [2.45, 2.75) is 13.1 Å².